The molecule has 0 N–H and O–H groups in total. The molecule has 0 aromatic carbocycles. The molecule has 0 aliphatic heterocycles. The standard InChI is InChI=1S/C5H10NO/c1-3-6(2)4-5-7/h3-4H2,1-2H3. The van der Waals surface area contributed by atoms with E-state index in [4.69, 9.17) is 0 Å². The van der Waals surface area contributed by atoms with Crippen LogP contribution in [0.4, 0.5) is 0 Å². The van der Waals surface area contributed by atoms with E-state index in [1.165, 1.54) is 0 Å². The first-order chi connectivity index (χ1) is 3.31. The minimum absolute atomic E-state index is 0.427. The van der Waals surface area contributed by atoms with Crippen LogP contribution in [0.25, 0.3) is 0 Å². The van der Waals surface area contributed by atoms with E-state index >= 15 is 0 Å². The Morgan fingerprint density at radius 3 is 2.43 bits per heavy atom. The largest absolute Gasteiger partial charge is 0.299 e. The summed E-state index contributed by atoms with van der Waals surface area (Å²) in [4.78, 5) is 11.5. The van der Waals surface area contributed by atoms with Crippen molar-refractivity contribution in [3.63, 3.8) is 0 Å². The van der Waals surface area contributed by atoms with Crippen LogP contribution < -0.4 is 0 Å². The fourth-order valence-corrected chi connectivity index (χ4v) is 0.222. The SMILES string of the molecule is CCN(C)C[C]=O. The molecule has 0 bridgehead atoms. The second-order valence-electron chi connectivity index (χ2n) is 1.47. The van der Waals surface area contributed by atoms with E-state index in [1.54, 1.807) is 6.29 Å². The second kappa shape index (κ2) is 3.81. The maximum atomic E-state index is 9.61. The van der Waals surface area contributed by atoms with Crippen molar-refractivity contribution in [3.8, 4) is 0 Å². The molecule has 0 aromatic rings. The van der Waals surface area contributed by atoms with Crippen LogP contribution in [-0.2, 0) is 4.79 Å². The number of hydrogen-bond acceptors (Lipinski definition) is 2. The zero-order chi connectivity index (χ0) is 5.70. The van der Waals surface area contributed by atoms with Crippen molar-refractivity contribution in [3.05, 3.63) is 0 Å². The first kappa shape index (κ1) is 6.63. The Bertz CT molecular complexity index is 54.0. The Labute approximate surface area is 44.1 Å². The van der Waals surface area contributed by atoms with Crippen LogP contribution in [0.2, 0.25) is 0 Å². The van der Waals surface area contributed by atoms with Gasteiger partial charge in [0.05, 0.1) is 6.54 Å². The van der Waals surface area contributed by atoms with Crippen molar-refractivity contribution in [1.29, 1.82) is 0 Å². The Balaban J connectivity index is 2.98. The number of nitrogens with zero attached hydrogens (tertiary/aromatic N) is 1. The summed E-state index contributed by atoms with van der Waals surface area (Å²) in [5.74, 6) is 0. The summed E-state index contributed by atoms with van der Waals surface area (Å²) in [5.41, 5.74) is 0. The molecule has 0 heterocycles. The lowest BCUT2D eigenvalue weighted by Gasteiger charge is -2.05. The van der Waals surface area contributed by atoms with Gasteiger partial charge >= 0.3 is 0 Å². The van der Waals surface area contributed by atoms with Crippen molar-refractivity contribution in [1.82, 2.24) is 4.90 Å². The van der Waals surface area contributed by atoms with Crippen molar-refractivity contribution in [2.45, 2.75) is 6.92 Å². The molecule has 0 saturated heterocycles. The summed E-state index contributed by atoms with van der Waals surface area (Å²) in [7, 11) is 1.88. The van der Waals surface area contributed by atoms with E-state index in [0.29, 0.717) is 6.54 Å². The van der Waals surface area contributed by atoms with E-state index < -0.39 is 0 Å². The third-order valence-corrected chi connectivity index (χ3v) is 0.874. The summed E-state index contributed by atoms with van der Waals surface area (Å²) in [6, 6.07) is 0. The Morgan fingerprint density at radius 2 is 2.29 bits per heavy atom. The maximum absolute atomic E-state index is 9.61. The molecule has 1 radical (unpaired) electrons. The highest BCUT2D eigenvalue weighted by atomic mass is 16.1. The van der Waals surface area contributed by atoms with Crippen LogP contribution in [0.15, 0.2) is 0 Å². The average molecular weight is 100 g/mol. The van der Waals surface area contributed by atoms with E-state index in [2.05, 4.69) is 0 Å². The predicted molar refractivity (Wildman–Crippen MR) is 28.9 cm³/mol. The Kier molecular flexibility index (Phi) is 3.61. The number of rotatable bonds is 3. The average Bonchev–Trinajstić information content (AvgIpc) is 1.68. The topological polar surface area (TPSA) is 20.3 Å². The molecular weight excluding hydrogens is 90.1 g/mol. The predicted octanol–water partition coefficient (Wildman–Crippen LogP) is 0.0478. The third-order valence-electron chi connectivity index (χ3n) is 0.874. The molecule has 0 atom stereocenters. The van der Waals surface area contributed by atoms with Crippen molar-refractivity contribution in [2.75, 3.05) is 20.1 Å². The number of hydrogen-bond donors (Lipinski definition) is 0. The normalized spacial score (nSPS) is 9.57. The first-order valence-corrected chi connectivity index (χ1v) is 2.34. The molecule has 2 heteroatoms. The van der Waals surface area contributed by atoms with Crippen LogP contribution in [0.1, 0.15) is 6.92 Å². The molecule has 7 heavy (non-hydrogen) atoms. The lowest BCUT2D eigenvalue weighted by Crippen LogP contribution is -2.19. The quantitative estimate of drug-likeness (QED) is 0.499. The smallest absolute Gasteiger partial charge is 0.213 e. The molecule has 0 spiro atoms. The molecule has 0 aliphatic carbocycles. The highest BCUT2D eigenvalue weighted by molar-refractivity contribution is 5.52. The van der Waals surface area contributed by atoms with Gasteiger partial charge in [-0.3, -0.25) is 9.69 Å². The highest BCUT2D eigenvalue weighted by Gasteiger charge is 1.88. The molecule has 41 valence electrons. The molecule has 0 aromatic heterocycles. The lowest BCUT2D eigenvalue weighted by molar-refractivity contribution is 0.392. The summed E-state index contributed by atoms with van der Waals surface area (Å²) >= 11 is 0. The van der Waals surface area contributed by atoms with Crippen LogP contribution in [0, 0.1) is 0 Å². The first-order valence-electron chi connectivity index (χ1n) is 2.34. The molecule has 0 unspecified atom stereocenters. The summed E-state index contributed by atoms with van der Waals surface area (Å²) in [6.07, 6.45) is 1.79. The van der Waals surface area contributed by atoms with Crippen molar-refractivity contribution >= 4 is 6.29 Å². The van der Waals surface area contributed by atoms with Gasteiger partial charge in [0.2, 0.25) is 6.29 Å². The van der Waals surface area contributed by atoms with Gasteiger partial charge in [-0.2, -0.15) is 0 Å². The Hall–Kier alpha value is -0.370. The summed E-state index contributed by atoms with van der Waals surface area (Å²) in [5, 5.41) is 0. The van der Waals surface area contributed by atoms with Gasteiger partial charge in [0, 0.05) is 0 Å². The van der Waals surface area contributed by atoms with Gasteiger partial charge in [-0.15, -0.1) is 0 Å². The highest BCUT2D eigenvalue weighted by Crippen LogP contribution is 1.72. The van der Waals surface area contributed by atoms with E-state index in [0.717, 1.165) is 6.54 Å². The summed E-state index contributed by atoms with van der Waals surface area (Å²) in [6.45, 7) is 3.34. The van der Waals surface area contributed by atoms with E-state index in [1.807, 2.05) is 18.9 Å². The fraction of sp³-hybridized carbons (Fsp3) is 0.800. The zero-order valence-corrected chi connectivity index (χ0v) is 4.77. The van der Waals surface area contributed by atoms with Crippen LogP contribution >= 0.6 is 0 Å². The van der Waals surface area contributed by atoms with Crippen molar-refractivity contribution < 1.29 is 4.79 Å². The second-order valence-corrected chi connectivity index (χ2v) is 1.47. The molecule has 0 rings (SSSR count). The lowest BCUT2D eigenvalue weighted by atomic mass is 10.6. The van der Waals surface area contributed by atoms with E-state index in [-0.39, 0.29) is 0 Å². The molecule has 0 amide bonds. The Morgan fingerprint density at radius 1 is 1.71 bits per heavy atom. The molecule has 0 saturated carbocycles. The molecule has 0 aliphatic rings. The van der Waals surface area contributed by atoms with Crippen LogP contribution in [-0.4, -0.2) is 31.3 Å². The monoisotopic (exact) mass is 100 g/mol. The van der Waals surface area contributed by atoms with Crippen LogP contribution in [0.5, 0.6) is 0 Å². The van der Waals surface area contributed by atoms with Gasteiger partial charge in [0.25, 0.3) is 0 Å². The minimum Gasteiger partial charge on any atom is -0.299 e. The fourth-order valence-electron chi connectivity index (χ4n) is 0.222. The van der Waals surface area contributed by atoms with Crippen molar-refractivity contribution in [2.24, 2.45) is 0 Å². The van der Waals surface area contributed by atoms with Gasteiger partial charge in [0.1, 0.15) is 0 Å². The van der Waals surface area contributed by atoms with E-state index in [9.17, 15) is 4.79 Å². The molecule has 0 fully saturated rings. The molecular formula is C5H10NO. The third kappa shape index (κ3) is 3.46. The van der Waals surface area contributed by atoms with Gasteiger partial charge in [-0.25, -0.2) is 0 Å². The maximum Gasteiger partial charge on any atom is 0.213 e. The minimum atomic E-state index is 0.427. The van der Waals surface area contributed by atoms with Gasteiger partial charge < -0.3 is 0 Å². The summed E-state index contributed by atoms with van der Waals surface area (Å²) < 4.78 is 0. The zero-order valence-electron chi connectivity index (χ0n) is 4.77. The number of carbonyl (C=O) groups excluding carboxylic acids is 1. The van der Waals surface area contributed by atoms with Gasteiger partial charge in [0.15, 0.2) is 0 Å². The van der Waals surface area contributed by atoms with Crippen LogP contribution in [0.3, 0.4) is 0 Å². The number of likely N-dealkylation sites (N-methyl/N-ethyl adjacent to an activating group) is 1. The van der Waals surface area contributed by atoms with Gasteiger partial charge in [-0.05, 0) is 13.6 Å². The van der Waals surface area contributed by atoms with Gasteiger partial charge in [-0.1, -0.05) is 6.92 Å². The molecule has 2 nitrogen and oxygen atoms in total.